The van der Waals surface area contributed by atoms with Gasteiger partial charge in [0.05, 0.1) is 45.2 Å². The van der Waals surface area contributed by atoms with E-state index in [4.69, 9.17) is 19.9 Å². The number of carbonyl (C=O) groups excluding carboxylic acids is 3. The Bertz CT molecular complexity index is 1620. The molecule has 1 aromatic heterocycles. The number of nitrogens with zero attached hydrogens (tertiary/aromatic N) is 1. The van der Waals surface area contributed by atoms with Crippen LogP contribution in [0.4, 0.5) is 10.8 Å². The van der Waals surface area contributed by atoms with E-state index in [0.717, 1.165) is 29.5 Å². The molecule has 1 heterocycles. The Hall–Kier alpha value is -4.65. The first-order valence-corrected chi connectivity index (χ1v) is 15.6. The number of fused-ring (bicyclic) bond motifs is 3. The molecule has 12 nitrogen and oxygen atoms in total. The fourth-order valence-electron chi connectivity index (χ4n) is 5.47. The summed E-state index contributed by atoms with van der Waals surface area (Å²) in [6.45, 7) is 2.00. The summed E-state index contributed by atoms with van der Waals surface area (Å²) in [5.41, 5.74) is 9.15. The molecule has 4 rings (SSSR count). The molecule has 240 valence electrons. The number of ether oxygens (including phenoxy) is 3. The fourth-order valence-corrected chi connectivity index (χ4v) is 6.20. The van der Waals surface area contributed by atoms with Crippen molar-refractivity contribution in [3.63, 3.8) is 0 Å². The van der Waals surface area contributed by atoms with Crippen LogP contribution >= 0.6 is 11.3 Å². The number of hydrogen-bond acceptors (Lipinski definition) is 10. The zero-order chi connectivity index (χ0) is 32.5. The summed E-state index contributed by atoms with van der Waals surface area (Å²) in [6, 6.07) is 6.75. The number of anilines is 2. The van der Waals surface area contributed by atoms with E-state index in [-0.39, 0.29) is 29.7 Å². The van der Waals surface area contributed by atoms with Crippen molar-refractivity contribution in [3.05, 3.63) is 56.7 Å². The largest absolute Gasteiger partial charge is 0.493 e. The van der Waals surface area contributed by atoms with Crippen LogP contribution < -0.4 is 41.3 Å². The van der Waals surface area contributed by atoms with Gasteiger partial charge in [-0.1, -0.05) is 12.5 Å². The van der Waals surface area contributed by atoms with Crippen LogP contribution in [0.15, 0.2) is 34.4 Å². The predicted octanol–water partition coefficient (Wildman–Crippen LogP) is 3.96. The molecule has 45 heavy (non-hydrogen) atoms. The second kappa shape index (κ2) is 15.4. The highest BCUT2D eigenvalue weighted by Gasteiger charge is 2.29. The number of benzene rings is 1. The Labute approximate surface area is 265 Å². The number of amides is 3. The number of aryl methyl sites for hydroxylation is 1. The Morgan fingerprint density at radius 3 is 2.51 bits per heavy atom. The summed E-state index contributed by atoms with van der Waals surface area (Å²) >= 11 is 1.25. The molecule has 0 saturated carbocycles. The van der Waals surface area contributed by atoms with E-state index in [0.29, 0.717) is 71.6 Å². The quantitative estimate of drug-likeness (QED) is 0.191. The minimum absolute atomic E-state index is 0.0356. The van der Waals surface area contributed by atoms with E-state index in [1.54, 1.807) is 38.8 Å². The van der Waals surface area contributed by atoms with Crippen LogP contribution in [0.25, 0.3) is 11.1 Å². The molecule has 1 aliphatic rings. The molecule has 0 bridgehead atoms. The number of hydrogen-bond donors (Lipinski definition) is 4. The molecule has 2 aromatic carbocycles. The summed E-state index contributed by atoms with van der Waals surface area (Å²) < 4.78 is 17.1. The Morgan fingerprint density at radius 1 is 1.04 bits per heavy atom. The van der Waals surface area contributed by atoms with Crippen LogP contribution in [-0.2, 0) is 27.2 Å². The zero-order valence-electron chi connectivity index (χ0n) is 25.9. The molecule has 5 N–H and O–H groups in total. The lowest BCUT2D eigenvalue weighted by molar-refractivity contribution is -0.120. The number of thiazole rings is 1. The highest BCUT2D eigenvalue weighted by molar-refractivity contribution is 7.13. The third kappa shape index (κ3) is 8.29. The van der Waals surface area contributed by atoms with Crippen LogP contribution in [0.2, 0.25) is 0 Å². The monoisotopic (exact) mass is 637 g/mol. The molecule has 1 atom stereocenters. The van der Waals surface area contributed by atoms with Crippen LogP contribution in [0.3, 0.4) is 0 Å². The van der Waals surface area contributed by atoms with Gasteiger partial charge in [0.2, 0.25) is 28.9 Å². The molecular formula is C32H39N5O7S. The van der Waals surface area contributed by atoms with E-state index in [9.17, 15) is 19.2 Å². The SMILES string of the molecule is COc1cc2c(c(OC)c1OC)-c1ccc(NCCCCCC(=O)Nc3nc(CC(N)=O)cs3)c(=O)cc1C(NC(C)=O)CC2. The third-order valence-corrected chi connectivity index (χ3v) is 8.27. The summed E-state index contributed by atoms with van der Waals surface area (Å²) in [5.74, 6) is 0.661. The van der Waals surface area contributed by atoms with Gasteiger partial charge in [-0.2, -0.15) is 0 Å². The molecular weight excluding hydrogens is 598 g/mol. The summed E-state index contributed by atoms with van der Waals surface area (Å²) in [7, 11) is 4.68. The first-order valence-electron chi connectivity index (χ1n) is 14.7. The first-order chi connectivity index (χ1) is 21.6. The normalized spacial score (nSPS) is 13.5. The molecule has 0 aliphatic heterocycles. The van der Waals surface area contributed by atoms with Gasteiger partial charge in [0.1, 0.15) is 0 Å². The van der Waals surface area contributed by atoms with E-state index in [2.05, 4.69) is 20.9 Å². The van der Waals surface area contributed by atoms with Gasteiger partial charge in [0.15, 0.2) is 16.6 Å². The van der Waals surface area contributed by atoms with E-state index >= 15 is 0 Å². The molecule has 3 aromatic rings. The number of nitrogens with two attached hydrogens (primary N) is 1. The lowest BCUT2D eigenvalue weighted by Gasteiger charge is -2.19. The number of primary amides is 1. The van der Waals surface area contributed by atoms with E-state index in [1.807, 2.05) is 12.1 Å². The van der Waals surface area contributed by atoms with Gasteiger partial charge < -0.3 is 35.9 Å². The Kier molecular flexibility index (Phi) is 11.4. The number of rotatable bonds is 14. The summed E-state index contributed by atoms with van der Waals surface area (Å²) in [5, 5.41) is 11.1. The summed E-state index contributed by atoms with van der Waals surface area (Å²) in [6.07, 6.45) is 3.73. The van der Waals surface area contributed by atoms with Crippen LogP contribution in [-0.4, -0.2) is 50.6 Å². The van der Waals surface area contributed by atoms with Crippen molar-refractivity contribution in [2.75, 3.05) is 38.5 Å². The van der Waals surface area contributed by atoms with Gasteiger partial charge in [-0.3, -0.25) is 19.2 Å². The molecule has 1 aliphatic carbocycles. The third-order valence-electron chi connectivity index (χ3n) is 7.47. The number of nitrogens with one attached hydrogen (secondary N) is 3. The van der Waals surface area contributed by atoms with Gasteiger partial charge in [-0.05, 0) is 60.6 Å². The standard InChI is InChI=1S/C32H39N5O7S/c1-18(38)35-23-11-9-19-14-26(42-2)30(43-3)31(44-4)29(19)21-10-12-24(25(39)16-22(21)23)34-13-7-5-6-8-28(41)37-32-36-20(17-45-32)15-27(33)40/h10,12,14,16-17,23H,5-9,11,13,15H2,1-4H3,(H2,33,40)(H,34,39)(H,35,38)(H,36,37,41). The minimum atomic E-state index is -0.475. The van der Waals surface area contributed by atoms with E-state index < -0.39 is 5.91 Å². The van der Waals surface area contributed by atoms with Crippen molar-refractivity contribution in [3.8, 4) is 28.4 Å². The Morgan fingerprint density at radius 2 is 1.82 bits per heavy atom. The van der Waals surface area contributed by atoms with Crippen LogP contribution in [0.1, 0.15) is 61.9 Å². The number of unbranched alkanes of at least 4 members (excludes halogenated alkanes) is 2. The minimum Gasteiger partial charge on any atom is -0.493 e. The molecule has 0 spiro atoms. The van der Waals surface area contributed by atoms with Gasteiger partial charge in [0.25, 0.3) is 0 Å². The number of methoxy groups -OCH3 is 3. The molecule has 0 fully saturated rings. The number of aromatic nitrogens is 1. The highest BCUT2D eigenvalue weighted by Crippen LogP contribution is 2.50. The van der Waals surface area contributed by atoms with Gasteiger partial charge in [0, 0.05) is 30.8 Å². The van der Waals surface area contributed by atoms with Crippen molar-refractivity contribution in [2.45, 2.75) is 57.9 Å². The maximum absolute atomic E-state index is 13.4. The molecule has 13 heteroatoms. The average molecular weight is 638 g/mol. The maximum Gasteiger partial charge on any atom is 0.226 e. The molecule has 0 saturated heterocycles. The lowest BCUT2D eigenvalue weighted by atomic mass is 9.95. The van der Waals surface area contributed by atoms with Crippen molar-refractivity contribution in [1.29, 1.82) is 0 Å². The van der Waals surface area contributed by atoms with Gasteiger partial charge in [-0.25, -0.2) is 4.98 Å². The Balaban J connectivity index is 1.46. The molecule has 3 amide bonds. The van der Waals surface area contributed by atoms with Crippen molar-refractivity contribution in [1.82, 2.24) is 10.3 Å². The molecule has 1 unspecified atom stereocenters. The van der Waals surface area contributed by atoms with Gasteiger partial charge >= 0.3 is 0 Å². The summed E-state index contributed by atoms with van der Waals surface area (Å²) in [4.78, 5) is 53.1. The molecule has 0 radical (unpaired) electrons. The van der Waals surface area contributed by atoms with E-state index in [1.165, 1.54) is 18.3 Å². The van der Waals surface area contributed by atoms with Crippen molar-refractivity contribution < 1.29 is 28.6 Å². The van der Waals surface area contributed by atoms with Crippen molar-refractivity contribution >= 4 is 39.9 Å². The second-order valence-electron chi connectivity index (χ2n) is 10.7. The van der Waals surface area contributed by atoms with Crippen molar-refractivity contribution in [2.24, 2.45) is 5.73 Å². The zero-order valence-corrected chi connectivity index (χ0v) is 26.7. The van der Waals surface area contributed by atoms with Gasteiger partial charge in [-0.15, -0.1) is 11.3 Å². The average Bonchev–Trinajstić information content (AvgIpc) is 3.29. The highest BCUT2D eigenvalue weighted by atomic mass is 32.1. The number of carbonyl (C=O) groups is 3. The van der Waals surface area contributed by atoms with Crippen LogP contribution in [0.5, 0.6) is 17.2 Å². The first kappa shape index (κ1) is 33.2. The topological polar surface area (TPSA) is 171 Å². The maximum atomic E-state index is 13.4. The second-order valence-corrected chi connectivity index (χ2v) is 11.5. The lowest BCUT2D eigenvalue weighted by Crippen LogP contribution is -2.26. The fraction of sp³-hybridized carbons (Fsp3) is 0.406. The smallest absolute Gasteiger partial charge is 0.226 e. The van der Waals surface area contributed by atoms with Crippen LogP contribution in [0, 0.1) is 0 Å². The predicted molar refractivity (Wildman–Crippen MR) is 173 cm³/mol.